The molecule has 28 heavy (non-hydrogen) atoms. The Balaban J connectivity index is 2.93. The van der Waals surface area contributed by atoms with Gasteiger partial charge in [0.1, 0.15) is 5.67 Å². The van der Waals surface area contributed by atoms with Gasteiger partial charge in [-0.05, 0) is 76.0 Å². The summed E-state index contributed by atoms with van der Waals surface area (Å²) in [6.45, 7) is 13.0. The largest absolute Gasteiger partial charge is 0.384 e. The molecule has 1 saturated carbocycles. The molecule has 1 aliphatic carbocycles. The summed E-state index contributed by atoms with van der Waals surface area (Å²) < 4.78 is 27.8. The van der Waals surface area contributed by atoms with Crippen molar-refractivity contribution < 1.29 is 13.9 Å². The van der Waals surface area contributed by atoms with Crippen molar-refractivity contribution in [2.75, 3.05) is 26.9 Å². The van der Waals surface area contributed by atoms with Crippen molar-refractivity contribution in [1.29, 1.82) is 0 Å². The van der Waals surface area contributed by atoms with Crippen LogP contribution in [0.1, 0.15) is 105 Å². The zero-order chi connectivity index (χ0) is 21.0. The molecule has 1 unspecified atom stereocenters. The van der Waals surface area contributed by atoms with E-state index in [1.165, 1.54) is 32.1 Å². The summed E-state index contributed by atoms with van der Waals surface area (Å²) in [6.07, 6.45) is 11.3. The molecule has 1 atom stereocenters. The Kier molecular flexibility index (Phi) is 12.2. The number of hydrogen-bond donors (Lipinski definition) is 0. The fourth-order valence-corrected chi connectivity index (χ4v) is 4.88. The highest BCUT2D eigenvalue weighted by Crippen LogP contribution is 2.45. The Labute approximate surface area is 175 Å². The van der Waals surface area contributed by atoms with Gasteiger partial charge in [-0.2, -0.15) is 0 Å². The lowest BCUT2D eigenvalue weighted by atomic mass is 9.65. The van der Waals surface area contributed by atoms with E-state index in [2.05, 4.69) is 34.6 Å². The molecule has 1 fully saturated rings. The Morgan fingerprint density at radius 3 is 1.89 bits per heavy atom. The molecular formula is C25H49FO2. The molecule has 1 aliphatic rings. The van der Waals surface area contributed by atoms with Crippen LogP contribution in [0.2, 0.25) is 0 Å². The van der Waals surface area contributed by atoms with Gasteiger partial charge in [0.2, 0.25) is 0 Å². The average molecular weight is 401 g/mol. The number of hydrogen-bond acceptors (Lipinski definition) is 2. The molecule has 0 amide bonds. The van der Waals surface area contributed by atoms with Crippen molar-refractivity contribution in [3.63, 3.8) is 0 Å². The van der Waals surface area contributed by atoms with Crippen LogP contribution >= 0.6 is 0 Å². The standard InChI is InChI=1S/C25H49FO2/c1-7-28-20-24(19-27-6,23-11-9-8-10-12-23)17-18-25(26,15-13-21(2)3)16-14-22(4)5/h21-23H,7-20H2,1-6H3. The molecule has 0 aromatic heterocycles. The highest BCUT2D eigenvalue weighted by Gasteiger charge is 2.42. The highest BCUT2D eigenvalue weighted by molar-refractivity contribution is 4.92. The van der Waals surface area contributed by atoms with E-state index in [1.54, 1.807) is 7.11 Å². The van der Waals surface area contributed by atoms with Gasteiger partial charge < -0.3 is 9.47 Å². The first-order valence-corrected chi connectivity index (χ1v) is 12.0. The number of alkyl halides is 1. The molecular weight excluding hydrogens is 351 g/mol. The molecule has 2 nitrogen and oxygen atoms in total. The molecule has 0 radical (unpaired) electrons. The molecule has 0 spiro atoms. The molecule has 0 aliphatic heterocycles. The van der Waals surface area contributed by atoms with Crippen LogP contribution in [0, 0.1) is 23.2 Å². The van der Waals surface area contributed by atoms with Crippen molar-refractivity contribution in [3.05, 3.63) is 0 Å². The minimum absolute atomic E-state index is 0.0296. The monoisotopic (exact) mass is 400 g/mol. The van der Waals surface area contributed by atoms with E-state index < -0.39 is 5.67 Å². The molecule has 0 bridgehead atoms. The summed E-state index contributed by atoms with van der Waals surface area (Å²) in [5.74, 6) is 1.71. The Morgan fingerprint density at radius 2 is 1.43 bits per heavy atom. The summed E-state index contributed by atoms with van der Waals surface area (Å²) in [6, 6.07) is 0. The molecule has 3 heteroatoms. The van der Waals surface area contributed by atoms with Crippen LogP contribution in [0.15, 0.2) is 0 Å². The lowest BCUT2D eigenvalue weighted by Crippen LogP contribution is -2.42. The lowest BCUT2D eigenvalue weighted by molar-refractivity contribution is -0.0663. The first kappa shape index (κ1) is 25.9. The van der Waals surface area contributed by atoms with Crippen molar-refractivity contribution >= 4 is 0 Å². The average Bonchev–Trinajstić information content (AvgIpc) is 2.68. The fraction of sp³-hybridized carbons (Fsp3) is 1.00. The van der Waals surface area contributed by atoms with Gasteiger partial charge in [-0.1, -0.05) is 47.0 Å². The Morgan fingerprint density at radius 1 is 0.857 bits per heavy atom. The first-order chi connectivity index (χ1) is 13.3. The molecule has 0 heterocycles. The van der Waals surface area contributed by atoms with Gasteiger partial charge >= 0.3 is 0 Å². The van der Waals surface area contributed by atoms with Gasteiger partial charge in [-0.25, -0.2) is 4.39 Å². The number of halogens is 1. The summed E-state index contributed by atoms with van der Waals surface area (Å²) in [4.78, 5) is 0. The quantitative estimate of drug-likeness (QED) is 0.282. The van der Waals surface area contributed by atoms with Gasteiger partial charge in [0.25, 0.3) is 0 Å². The van der Waals surface area contributed by atoms with E-state index in [9.17, 15) is 0 Å². The molecule has 0 N–H and O–H groups in total. The third kappa shape index (κ3) is 9.11. The Hall–Kier alpha value is -0.150. The number of rotatable bonds is 15. The summed E-state index contributed by atoms with van der Waals surface area (Å²) in [5, 5.41) is 0. The fourth-order valence-electron chi connectivity index (χ4n) is 4.88. The van der Waals surface area contributed by atoms with E-state index in [0.29, 0.717) is 50.2 Å². The summed E-state index contributed by atoms with van der Waals surface area (Å²) in [5.41, 5.74) is -1.08. The normalized spacial score (nSPS) is 18.8. The van der Waals surface area contributed by atoms with Gasteiger partial charge in [-0.15, -0.1) is 0 Å². The van der Waals surface area contributed by atoms with Crippen LogP contribution in [-0.4, -0.2) is 32.6 Å². The predicted octanol–water partition coefficient (Wildman–Crippen LogP) is 7.60. The van der Waals surface area contributed by atoms with Crippen molar-refractivity contribution in [2.24, 2.45) is 23.2 Å². The van der Waals surface area contributed by atoms with E-state index in [-0.39, 0.29) is 5.41 Å². The van der Waals surface area contributed by atoms with Crippen molar-refractivity contribution in [1.82, 2.24) is 0 Å². The lowest BCUT2D eigenvalue weighted by Gasteiger charge is -2.44. The second-order valence-electron chi connectivity index (χ2n) is 10.3. The first-order valence-electron chi connectivity index (χ1n) is 12.0. The molecule has 0 aromatic rings. The van der Waals surface area contributed by atoms with E-state index in [1.807, 2.05) is 0 Å². The smallest absolute Gasteiger partial charge is 0.111 e. The van der Waals surface area contributed by atoms with Gasteiger partial charge in [0.15, 0.2) is 0 Å². The Bertz CT molecular complexity index is 378. The van der Waals surface area contributed by atoms with Crippen LogP contribution in [0.5, 0.6) is 0 Å². The minimum atomic E-state index is -1.05. The number of methoxy groups -OCH3 is 1. The van der Waals surface area contributed by atoms with Gasteiger partial charge in [0, 0.05) is 19.1 Å². The molecule has 0 saturated heterocycles. The molecule has 168 valence electrons. The molecule has 1 rings (SSSR count). The summed E-state index contributed by atoms with van der Waals surface area (Å²) in [7, 11) is 1.80. The zero-order valence-corrected chi connectivity index (χ0v) is 19.8. The minimum Gasteiger partial charge on any atom is -0.384 e. The van der Waals surface area contributed by atoms with E-state index in [4.69, 9.17) is 9.47 Å². The third-order valence-corrected chi connectivity index (χ3v) is 6.91. The van der Waals surface area contributed by atoms with Crippen LogP contribution in [0.3, 0.4) is 0 Å². The summed E-state index contributed by atoms with van der Waals surface area (Å²) >= 11 is 0. The zero-order valence-electron chi connectivity index (χ0n) is 19.8. The third-order valence-electron chi connectivity index (χ3n) is 6.91. The van der Waals surface area contributed by atoms with Crippen LogP contribution in [0.4, 0.5) is 4.39 Å². The maximum atomic E-state index is 16.1. The van der Waals surface area contributed by atoms with Crippen LogP contribution in [-0.2, 0) is 9.47 Å². The SMILES string of the molecule is CCOCC(CCC(F)(CCC(C)C)CCC(C)C)(COC)C1CCCCC1. The van der Waals surface area contributed by atoms with Crippen molar-refractivity contribution in [2.45, 2.75) is 111 Å². The van der Waals surface area contributed by atoms with Gasteiger partial charge in [-0.3, -0.25) is 0 Å². The maximum Gasteiger partial charge on any atom is 0.111 e. The second-order valence-corrected chi connectivity index (χ2v) is 10.3. The van der Waals surface area contributed by atoms with E-state index in [0.717, 1.165) is 25.9 Å². The van der Waals surface area contributed by atoms with E-state index >= 15 is 4.39 Å². The van der Waals surface area contributed by atoms with Crippen LogP contribution < -0.4 is 0 Å². The second kappa shape index (κ2) is 13.2. The number of ether oxygens (including phenoxy) is 2. The molecule has 0 aromatic carbocycles. The van der Waals surface area contributed by atoms with Gasteiger partial charge in [0.05, 0.1) is 13.2 Å². The highest BCUT2D eigenvalue weighted by atomic mass is 19.1. The van der Waals surface area contributed by atoms with Crippen LogP contribution in [0.25, 0.3) is 0 Å². The van der Waals surface area contributed by atoms with Crippen molar-refractivity contribution in [3.8, 4) is 0 Å². The maximum absolute atomic E-state index is 16.1. The predicted molar refractivity (Wildman–Crippen MR) is 119 cm³/mol. The topological polar surface area (TPSA) is 18.5 Å².